The molecule has 0 spiro atoms. The van der Waals surface area contributed by atoms with Gasteiger partial charge in [-0.25, -0.2) is 15.0 Å². The van der Waals surface area contributed by atoms with Gasteiger partial charge in [0.1, 0.15) is 17.8 Å². The molecule has 0 aliphatic carbocycles. The van der Waals surface area contributed by atoms with Crippen molar-refractivity contribution in [3.8, 4) is 11.5 Å². The number of aromatic nitrogens is 5. The van der Waals surface area contributed by atoms with Gasteiger partial charge in [-0.05, 0) is 42.1 Å². The topological polar surface area (TPSA) is 101 Å². The summed E-state index contributed by atoms with van der Waals surface area (Å²) in [5.74, 6) is 1.83. The van der Waals surface area contributed by atoms with E-state index in [1.165, 1.54) is 18.1 Å². The summed E-state index contributed by atoms with van der Waals surface area (Å²) in [5, 5.41) is 0.745. The summed E-state index contributed by atoms with van der Waals surface area (Å²) in [5.41, 5.74) is 8.31. The van der Waals surface area contributed by atoms with Crippen LogP contribution in [0.3, 0.4) is 0 Å². The molecule has 0 aliphatic heterocycles. The number of nitrogen functional groups attached to an aromatic ring is 1. The minimum Gasteiger partial charge on any atom is -0.497 e. The molecule has 148 valence electrons. The van der Waals surface area contributed by atoms with Crippen LogP contribution in [0.2, 0.25) is 0 Å². The first kappa shape index (κ1) is 19.0. The number of methoxy groups -OCH3 is 2. The minimum absolute atomic E-state index is 0.353. The Morgan fingerprint density at radius 1 is 1.07 bits per heavy atom. The summed E-state index contributed by atoms with van der Waals surface area (Å²) < 4.78 is 12.9. The van der Waals surface area contributed by atoms with Gasteiger partial charge in [-0.2, -0.15) is 0 Å². The van der Waals surface area contributed by atoms with Gasteiger partial charge in [0.2, 0.25) is 0 Å². The Morgan fingerprint density at radius 3 is 2.72 bits per heavy atom. The second-order valence-corrected chi connectivity index (χ2v) is 7.18. The van der Waals surface area contributed by atoms with Crippen molar-refractivity contribution < 1.29 is 9.47 Å². The molecule has 0 radical (unpaired) electrons. The summed E-state index contributed by atoms with van der Waals surface area (Å²) in [6, 6.07) is 11.5. The van der Waals surface area contributed by atoms with E-state index in [9.17, 15) is 0 Å². The second-order valence-electron chi connectivity index (χ2n) is 6.17. The monoisotopic (exact) mass is 408 g/mol. The number of ether oxygens (including phenoxy) is 2. The fraction of sp³-hybridized carbons (Fsp3) is 0.200. The van der Waals surface area contributed by atoms with Crippen molar-refractivity contribution in [3.63, 3.8) is 0 Å². The zero-order valence-electron chi connectivity index (χ0n) is 16.1. The lowest BCUT2D eigenvalue weighted by atomic mass is 10.3. The molecule has 0 saturated carbocycles. The maximum absolute atomic E-state index is 6.05. The number of anilines is 1. The van der Waals surface area contributed by atoms with E-state index in [0.29, 0.717) is 23.5 Å². The maximum atomic E-state index is 6.05. The third-order valence-corrected chi connectivity index (χ3v) is 5.45. The highest BCUT2D eigenvalue weighted by atomic mass is 32.2. The highest BCUT2D eigenvalue weighted by Crippen LogP contribution is 2.38. The van der Waals surface area contributed by atoms with Crippen LogP contribution in [0.25, 0.3) is 11.2 Å². The van der Waals surface area contributed by atoms with E-state index in [0.717, 1.165) is 33.7 Å². The largest absolute Gasteiger partial charge is 0.497 e. The number of pyridine rings is 1. The van der Waals surface area contributed by atoms with Crippen LogP contribution in [0.15, 0.2) is 59.0 Å². The number of fused-ring (bicyclic) bond motifs is 1. The van der Waals surface area contributed by atoms with E-state index < -0.39 is 0 Å². The molecule has 4 aromatic rings. The Labute approximate surface area is 172 Å². The number of benzene rings is 1. The molecule has 1 aromatic carbocycles. The van der Waals surface area contributed by atoms with Crippen molar-refractivity contribution >= 4 is 28.7 Å². The average Bonchev–Trinajstić information content (AvgIpc) is 3.11. The molecule has 9 heteroatoms. The number of imidazole rings is 1. The number of nitrogens with two attached hydrogens (primary N) is 1. The van der Waals surface area contributed by atoms with Crippen LogP contribution in [-0.4, -0.2) is 38.7 Å². The van der Waals surface area contributed by atoms with Gasteiger partial charge in [-0.1, -0.05) is 6.07 Å². The van der Waals surface area contributed by atoms with Crippen molar-refractivity contribution in [1.29, 1.82) is 0 Å². The Kier molecular flexibility index (Phi) is 5.48. The normalized spacial score (nSPS) is 11.0. The Bertz CT molecular complexity index is 1130. The molecule has 3 heterocycles. The second kappa shape index (κ2) is 8.36. The smallest absolute Gasteiger partial charge is 0.175 e. The van der Waals surface area contributed by atoms with Gasteiger partial charge in [0.15, 0.2) is 22.1 Å². The van der Waals surface area contributed by atoms with E-state index >= 15 is 0 Å². The summed E-state index contributed by atoms with van der Waals surface area (Å²) >= 11 is 1.47. The summed E-state index contributed by atoms with van der Waals surface area (Å²) in [6.07, 6.45) is 3.98. The fourth-order valence-electron chi connectivity index (χ4n) is 2.95. The van der Waals surface area contributed by atoms with Crippen molar-refractivity contribution in [2.24, 2.45) is 0 Å². The maximum Gasteiger partial charge on any atom is 0.175 e. The van der Waals surface area contributed by atoms with Crippen molar-refractivity contribution in [3.05, 3.63) is 54.6 Å². The number of rotatable bonds is 7. The SMILES string of the molecule is COc1ccc(OC)c(Sc2nc3c(N)ncnc3n2CCc2ccccn2)c1. The molecule has 29 heavy (non-hydrogen) atoms. The minimum atomic E-state index is 0.353. The van der Waals surface area contributed by atoms with E-state index in [4.69, 9.17) is 20.2 Å². The lowest BCUT2D eigenvalue weighted by Crippen LogP contribution is -2.05. The number of hydrogen-bond donors (Lipinski definition) is 1. The quantitative estimate of drug-likeness (QED) is 0.497. The van der Waals surface area contributed by atoms with Gasteiger partial charge in [-0.15, -0.1) is 0 Å². The molecular weight excluding hydrogens is 388 g/mol. The van der Waals surface area contributed by atoms with Crippen molar-refractivity contribution in [2.45, 2.75) is 23.0 Å². The lowest BCUT2D eigenvalue weighted by molar-refractivity contribution is 0.394. The van der Waals surface area contributed by atoms with Crippen LogP contribution in [0.1, 0.15) is 5.69 Å². The first-order valence-electron chi connectivity index (χ1n) is 8.96. The van der Waals surface area contributed by atoms with Crippen LogP contribution in [0.5, 0.6) is 11.5 Å². The number of hydrogen-bond acceptors (Lipinski definition) is 8. The van der Waals surface area contributed by atoms with Gasteiger partial charge in [-0.3, -0.25) is 4.98 Å². The first-order chi connectivity index (χ1) is 14.2. The molecule has 0 aliphatic rings. The highest BCUT2D eigenvalue weighted by molar-refractivity contribution is 7.99. The zero-order valence-corrected chi connectivity index (χ0v) is 16.9. The van der Waals surface area contributed by atoms with Crippen LogP contribution >= 0.6 is 11.8 Å². The highest BCUT2D eigenvalue weighted by Gasteiger charge is 2.18. The summed E-state index contributed by atoms with van der Waals surface area (Å²) in [4.78, 5) is 18.5. The van der Waals surface area contributed by atoms with E-state index in [2.05, 4.69) is 15.0 Å². The predicted molar refractivity (Wildman–Crippen MR) is 111 cm³/mol. The van der Waals surface area contributed by atoms with Crippen LogP contribution in [0, 0.1) is 0 Å². The molecule has 0 fully saturated rings. The molecule has 3 aromatic heterocycles. The molecule has 0 bridgehead atoms. The van der Waals surface area contributed by atoms with E-state index in [-0.39, 0.29) is 0 Å². The van der Waals surface area contributed by atoms with Crippen LogP contribution in [0.4, 0.5) is 5.82 Å². The number of aryl methyl sites for hydroxylation is 2. The van der Waals surface area contributed by atoms with Gasteiger partial charge in [0.25, 0.3) is 0 Å². The molecule has 0 saturated heterocycles. The van der Waals surface area contributed by atoms with Crippen LogP contribution in [-0.2, 0) is 13.0 Å². The molecule has 0 unspecified atom stereocenters. The summed E-state index contributed by atoms with van der Waals surface area (Å²) in [7, 11) is 3.27. The van der Waals surface area contributed by atoms with E-state index in [1.54, 1.807) is 20.4 Å². The molecule has 0 amide bonds. The van der Waals surface area contributed by atoms with Gasteiger partial charge in [0.05, 0.1) is 19.1 Å². The Balaban J connectivity index is 1.74. The number of nitrogens with zero attached hydrogens (tertiary/aromatic N) is 5. The van der Waals surface area contributed by atoms with Gasteiger partial charge in [0, 0.05) is 24.9 Å². The molecule has 8 nitrogen and oxygen atoms in total. The van der Waals surface area contributed by atoms with E-state index in [1.807, 2.05) is 41.0 Å². The van der Waals surface area contributed by atoms with Gasteiger partial charge >= 0.3 is 0 Å². The molecule has 4 rings (SSSR count). The van der Waals surface area contributed by atoms with Crippen molar-refractivity contribution in [1.82, 2.24) is 24.5 Å². The Hall–Kier alpha value is -3.33. The van der Waals surface area contributed by atoms with Crippen molar-refractivity contribution in [2.75, 3.05) is 20.0 Å². The third kappa shape index (κ3) is 3.95. The average molecular weight is 408 g/mol. The Morgan fingerprint density at radius 2 is 1.97 bits per heavy atom. The summed E-state index contributed by atoms with van der Waals surface area (Å²) in [6.45, 7) is 0.651. The lowest BCUT2D eigenvalue weighted by Gasteiger charge is -2.11. The van der Waals surface area contributed by atoms with Gasteiger partial charge < -0.3 is 19.8 Å². The third-order valence-electron chi connectivity index (χ3n) is 4.42. The molecule has 2 N–H and O–H groups in total. The zero-order chi connectivity index (χ0) is 20.2. The molecule has 0 atom stereocenters. The standard InChI is InChI=1S/C20H20N6O2S/c1-27-14-6-7-15(28-2)16(11-14)29-20-25-17-18(21)23-12-24-19(17)26(20)10-8-13-5-3-4-9-22-13/h3-7,9,11-12H,8,10H2,1-2H3,(H2,21,23,24). The van der Waals surface area contributed by atoms with Crippen LogP contribution < -0.4 is 15.2 Å². The molecular formula is C20H20N6O2S. The predicted octanol–water partition coefficient (Wildman–Crippen LogP) is 3.21. The first-order valence-corrected chi connectivity index (χ1v) is 9.77. The fourth-order valence-corrected chi connectivity index (χ4v) is 4.00.